The van der Waals surface area contributed by atoms with Gasteiger partial charge in [-0.05, 0) is 13.8 Å². The summed E-state index contributed by atoms with van der Waals surface area (Å²) in [6, 6.07) is 0. The molecule has 0 aromatic rings. The molecule has 1 unspecified atom stereocenters. The first-order valence-electron chi connectivity index (χ1n) is 6.53. The minimum Gasteiger partial charge on any atom is -0.389 e. The first-order chi connectivity index (χ1) is 9.91. The average Bonchev–Trinajstić information content (AvgIpc) is 2.38. The first kappa shape index (κ1) is 21.4. The van der Waals surface area contributed by atoms with E-state index >= 15 is 0 Å². The summed E-state index contributed by atoms with van der Waals surface area (Å²) in [6.07, 6.45) is -0.952. The van der Waals surface area contributed by atoms with Crippen molar-refractivity contribution in [1.82, 2.24) is 4.67 Å². The molecule has 0 spiro atoms. The van der Waals surface area contributed by atoms with Gasteiger partial charge in [0.2, 0.25) is 0 Å². The highest BCUT2D eigenvalue weighted by Gasteiger charge is 2.33. The van der Waals surface area contributed by atoms with Crippen LogP contribution in [0.4, 0.5) is 0 Å². The third-order valence-corrected chi connectivity index (χ3v) is 4.97. The fraction of sp³-hybridized carbons (Fsp3) is 0.909. The molecule has 0 fully saturated rings. The molecule has 0 radical (unpaired) electrons. The number of alkyl halides is 2. The van der Waals surface area contributed by atoms with Crippen molar-refractivity contribution in [2.24, 2.45) is 0 Å². The lowest BCUT2D eigenvalue weighted by atomic mass is 10.4. The molecule has 1 atom stereocenters. The maximum Gasteiger partial charge on any atom is 0.414 e. The van der Waals surface area contributed by atoms with E-state index in [0.29, 0.717) is 13.2 Å². The fourth-order valence-electron chi connectivity index (χ4n) is 1.44. The molecule has 0 rings (SSSR count). The Balaban J connectivity index is 4.59. The van der Waals surface area contributed by atoms with Gasteiger partial charge in [0.15, 0.2) is 6.29 Å². The number of ether oxygens (including phenoxy) is 2. The number of hydrogen-bond donors (Lipinski definition) is 0. The van der Waals surface area contributed by atoms with Gasteiger partial charge in [-0.2, -0.15) is 0 Å². The summed E-state index contributed by atoms with van der Waals surface area (Å²) in [5.41, 5.74) is 0. The summed E-state index contributed by atoms with van der Waals surface area (Å²) < 4.78 is 28.8. The zero-order valence-corrected chi connectivity index (χ0v) is 15.3. The van der Waals surface area contributed by atoms with Crippen LogP contribution in [0.5, 0.6) is 0 Å². The lowest BCUT2D eigenvalue weighted by Gasteiger charge is -2.25. The fourth-order valence-corrected chi connectivity index (χ4v) is 3.89. The standard InChI is InChI=1S/C11H21Cl3NO5P/c1-3-18-11(19-4-2)9-10(16)20-21(14,17)15(7-5-12)8-6-13/h11H,3-9H2,1-2H3. The van der Waals surface area contributed by atoms with Crippen LogP contribution in [-0.4, -0.2) is 55.0 Å². The third kappa shape index (κ3) is 9.24. The van der Waals surface area contributed by atoms with Gasteiger partial charge in [0, 0.05) is 49.3 Å². The lowest BCUT2D eigenvalue weighted by Crippen LogP contribution is -2.27. The molecule has 0 amide bonds. The van der Waals surface area contributed by atoms with E-state index in [1.165, 1.54) is 4.67 Å². The van der Waals surface area contributed by atoms with Gasteiger partial charge in [-0.25, -0.2) is 9.24 Å². The number of hydrogen-bond acceptors (Lipinski definition) is 5. The summed E-state index contributed by atoms with van der Waals surface area (Å²) in [4.78, 5) is 11.8. The highest BCUT2D eigenvalue weighted by atomic mass is 35.7. The molecule has 0 aromatic heterocycles. The largest absolute Gasteiger partial charge is 0.414 e. The van der Waals surface area contributed by atoms with Gasteiger partial charge in [-0.15, -0.1) is 23.2 Å². The second kappa shape index (κ2) is 11.9. The molecule has 0 aromatic carbocycles. The number of rotatable bonds is 12. The van der Waals surface area contributed by atoms with E-state index in [2.05, 4.69) is 0 Å². The number of carbonyl (C=O) groups excluding carboxylic acids is 1. The van der Waals surface area contributed by atoms with E-state index < -0.39 is 19.1 Å². The molecular weight excluding hydrogens is 363 g/mol. The van der Waals surface area contributed by atoms with E-state index in [1.807, 2.05) is 0 Å². The maximum atomic E-state index is 12.3. The van der Waals surface area contributed by atoms with Crippen molar-refractivity contribution >= 4 is 47.3 Å². The molecule has 0 N–H and O–H groups in total. The molecular formula is C11H21Cl3NO5P. The van der Waals surface area contributed by atoms with Crippen LogP contribution in [0.2, 0.25) is 0 Å². The van der Waals surface area contributed by atoms with E-state index in [1.54, 1.807) is 13.8 Å². The molecule has 0 bridgehead atoms. The van der Waals surface area contributed by atoms with E-state index in [-0.39, 0.29) is 31.3 Å². The Morgan fingerprint density at radius 3 is 2.00 bits per heavy atom. The molecule has 0 aliphatic rings. The van der Waals surface area contributed by atoms with Crippen LogP contribution < -0.4 is 0 Å². The molecule has 0 saturated carbocycles. The quantitative estimate of drug-likeness (QED) is 0.292. The van der Waals surface area contributed by atoms with Crippen LogP contribution in [0, 0.1) is 0 Å². The second-order valence-corrected chi connectivity index (χ2v) is 7.48. The highest BCUT2D eigenvalue weighted by molar-refractivity contribution is 7.83. The van der Waals surface area contributed by atoms with E-state index in [9.17, 15) is 9.36 Å². The Morgan fingerprint density at radius 2 is 1.62 bits per heavy atom. The van der Waals surface area contributed by atoms with Crippen molar-refractivity contribution in [1.29, 1.82) is 0 Å². The smallest absolute Gasteiger partial charge is 0.389 e. The number of halogens is 3. The van der Waals surface area contributed by atoms with Gasteiger partial charge in [0.05, 0.1) is 6.42 Å². The minimum atomic E-state index is -3.81. The monoisotopic (exact) mass is 383 g/mol. The molecule has 0 aliphatic carbocycles. The molecule has 10 heteroatoms. The lowest BCUT2D eigenvalue weighted by molar-refractivity contribution is -0.162. The Kier molecular flexibility index (Phi) is 12.2. The Labute approximate surface area is 140 Å². The topological polar surface area (TPSA) is 65.1 Å². The molecule has 126 valence electrons. The summed E-state index contributed by atoms with van der Waals surface area (Å²) in [5.74, 6) is -0.397. The van der Waals surface area contributed by atoms with Crippen molar-refractivity contribution in [3.63, 3.8) is 0 Å². The van der Waals surface area contributed by atoms with Gasteiger partial charge < -0.3 is 14.0 Å². The van der Waals surface area contributed by atoms with Crippen molar-refractivity contribution in [3.05, 3.63) is 0 Å². The Bertz CT molecular complexity index is 336. The zero-order valence-electron chi connectivity index (χ0n) is 12.1. The van der Waals surface area contributed by atoms with Gasteiger partial charge in [0.1, 0.15) is 0 Å². The van der Waals surface area contributed by atoms with Gasteiger partial charge in [0.25, 0.3) is 0 Å². The molecule has 21 heavy (non-hydrogen) atoms. The Morgan fingerprint density at radius 1 is 1.14 bits per heavy atom. The van der Waals surface area contributed by atoms with Crippen LogP contribution in [0.25, 0.3) is 0 Å². The summed E-state index contributed by atoms with van der Waals surface area (Å²) >= 11 is 17.0. The van der Waals surface area contributed by atoms with Crippen LogP contribution in [0.3, 0.4) is 0 Å². The molecule has 6 nitrogen and oxygen atoms in total. The van der Waals surface area contributed by atoms with Gasteiger partial charge >= 0.3 is 12.8 Å². The molecule has 0 aliphatic heterocycles. The van der Waals surface area contributed by atoms with E-state index in [4.69, 9.17) is 48.4 Å². The highest BCUT2D eigenvalue weighted by Crippen LogP contribution is 2.56. The minimum absolute atomic E-state index is 0.186. The number of carbonyl (C=O) groups is 1. The van der Waals surface area contributed by atoms with Gasteiger partial charge in [-0.1, -0.05) is 0 Å². The van der Waals surface area contributed by atoms with E-state index in [0.717, 1.165) is 0 Å². The molecule has 0 saturated heterocycles. The number of nitrogens with zero attached hydrogens (tertiary/aromatic N) is 1. The predicted octanol–water partition coefficient (Wildman–Crippen LogP) is 3.45. The van der Waals surface area contributed by atoms with Gasteiger partial charge in [-0.3, -0.25) is 4.79 Å². The van der Waals surface area contributed by atoms with Crippen molar-refractivity contribution in [2.45, 2.75) is 26.6 Å². The predicted molar refractivity (Wildman–Crippen MR) is 84.2 cm³/mol. The average molecular weight is 385 g/mol. The summed E-state index contributed by atoms with van der Waals surface area (Å²) in [7, 11) is 0. The normalized spacial score (nSPS) is 14.4. The first-order valence-corrected chi connectivity index (χ1v) is 10.1. The third-order valence-electron chi connectivity index (χ3n) is 2.28. The zero-order chi connectivity index (χ0) is 16.3. The van der Waals surface area contributed by atoms with Crippen LogP contribution in [-0.2, 0) is 23.4 Å². The van der Waals surface area contributed by atoms with Crippen LogP contribution >= 0.6 is 41.3 Å². The summed E-state index contributed by atoms with van der Waals surface area (Å²) in [6.45, 7) is 0.877. The van der Waals surface area contributed by atoms with Crippen molar-refractivity contribution < 1.29 is 23.4 Å². The second-order valence-electron chi connectivity index (χ2n) is 3.79. The molecule has 0 heterocycles. The SMILES string of the molecule is CCOC(CC(=O)OP(=O)(Cl)N(CCCl)CCCl)OCC. The summed E-state index contributed by atoms with van der Waals surface area (Å²) in [5, 5.41) is 0. The van der Waals surface area contributed by atoms with Crippen molar-refractivity contribution in [3.8, 4) is 0 Å². The van der Waals surface area contributed by atoms with Crippen molar-refractivity contribution in [2.75, 3.05) is 38.1 Å². The Hall–Kier alpha value is 0.450. The van der Waals surface area contributed by atoms with Crippen LogP contribution in [0.1, 0.15) is 20.3 Å². The maximum absolute atomic E-state index is 12.3. The van der Waals surface area contributed by atoms with Crippen LogP contribution in [0.15, 0.2) is 0 Å².